The van der Waals surface area contributed by atoms with Crippen molar-refractivity contribution in [2.24, 2.45) is 0 Å². The summed E-state index contributed by atoms with van der Waals surface area (Å²) in [4.78, 5) is 10.1. The van der Waals surface area contributed by atoms with Crippen molar-refractivity contribution in [2.75, 3.05) is 32.2 Å². The Balaban J connectivity index is 2.33. The minimum atomic E-state index is -0.762. The van der Waals surface area contributed by atoms with Crippen LogP contribution in [0.15, 0.2) is 12.1 Å². The van der Waals surface area contributed by atoms with Gasteiger partial charge in [-0.15, -0.1) is 0 Å². The number of hydrogen-bond acceptors (Lipinski definition) is 6. The van der Waals surface area contributed by atoms with Crippen LogP contribution in [-0.2, 0) is 4.74 Å². The molecule has 0 aliphatic carbocycles. The fraction of sp³-hybridized carbons (Fsp3) is 0.538. The van der Waals surface area contributed by atoms with Crippen molar-refractivity contribution in [1.82, 2.24) is 0 Å². The smallest absolute Gasteiger partial charge is 0.313 e. The summed E-state index contributed by atoms with van der Waals surface area (Å²) < 4.78 is 24.2. The lowest BCUT2D eigenvalue weighted by Crippen LogP contribution is -2.47. The molecule has 0 aromatic heterocycles. The number of rotatable bonds is 5. The summed E-state index contributed by atoms with van der Waals surface area (Å²) in [5.41, 5.74) is -1.07. The minimum absolute atomic E-state index is 0.0379. The number of nitrogens with one attached hydrogen (secondary N) is 1. The van der Waals surface area contributed by atoms with Gasteiger partial charge in [0, 0.05) is 19.3 Å². The first-order valence-corrected chi connectivity index (χ1v) is 6.50. The number of nitro benzene ring substituents is 1. The molecule has 0 atom stereocenters. The average Bonchev–Trinajstić information content (AvgIpc) is 2.49. The summed E-state index contributed by atoms with van der Waals surface area (Å²) in [5.74, 6) is -0.800. The van der Waals surface area contributed by atoms with Crippen molar-refractivity contribution >= 4 is 11.4 Å². The number of methoxy groups -OCH3 is 1. The number of aliphatic hydroxyl groups is 1. The van der Waals surface area contributed by atoms with Gasteiger partial charge in [0.25, 0.3) is 0 Å². The van der Waals surface area contributed by atoms with Gasteiger partial charge in [-0.25, -0.2) is 4.39 Å². The number of anilines is 1. The van der Waals surface area contributed by atoms with Gasteiger partial charge < -0.3 is 19.9 Å². The molecule has 1 saturated heterocycles. The van der Waals surface area contributed by atoms with E-state index in [2.05, 4.69) is 5.32 Å². The Labute approximate surface area is 120 Å². The zero-order valence-corrected chi connectivity index (χ0v) is 11.6. The van der Waals surface area contributed by atoms with Gasteiger partial charge in [-0.3, -0.25) is 10.1 Å². The molecule has 116 valence electrons. The SMILES string of the molecule is COc1cc(NC2(CO)CCOCC2)c(F)cc1[N+](=O)[O-]. The Morgan fingerprint density at radius 2 is 2.19 bits per heavy atom. The topological polar surface area (TPSA) is 93.9 Å². The van der Waals surface area contributed by atoms with Gasteiger partial charge in [0.1, 0.15) is 0 Å². The Morgan fingerprint density at radius 1 is 1.52 bits per heavy atom. The number of ether oxygens (including phenoxy) is 2. The zero-order chi connectivity index (χ0) is 15.5. The van der Waals surface area contributed by atoms with Gasteiger partial charge in [0.2, 0.25) is 0 Å². The van der Waals surface area contributed by atoms with E-state index >= 15 is 0 Å². The Hall–Kier alpha value is -1.93. The van der Waals surface area contributed by atoms with Gasteiger partial charge in [-0.1, -0.05) is 0 Å². The average molecular weight is 300 g/mol. The first kappa shape index (κ1) is 15.5. The second-order valence-electron chi connectivity index (χ2n) is 4.94. The maximum atomic E-state index is 14.1. The molecule has 0 bridgehead atoms. The first-order valence-electron chi connectivity index (χ1n) is 6.50. The van der Waals surface area contributed by atoms with Crippen molar-refractivity contribution < 1.29 is 23.9 Å². The Bertz CT molecular complexity index is 532. The summed E-state index contributed by atoms with van der Waals surface area (Å²) in [6.07, 6.45) is 1.03. The molecule has 0 unspecified atom stereocenters. The summed E-state index contributed by atoms with van der Waals surface area (Å²) in [5, 5.41) is 23.4. The highest BCUT2D eigenvalue weighted by Crippen LogP contribution is 2.35. The monoisotopic (exact) mass is 300 g/mol. The molecule has 2 rings (SSSR count). The van der Waals surface area contributed by atoms with Crippen LogP contribution in [-0.4, -0.2) is 42.5 Å². The maximum Gasteiger partial charge on any atom is 0.313 e. The molecular formula is C13H17FN2O5. The Kier molecular flexibility index (Phi) is 4.59. The van der Waals surface area contributed by atoms with E-state index in [9.17, 15) is 19.6 Å². The first-order chi connectivity index (χ1) is 10.0. The largest absolute Gasteiger partial charge is 0.490 e. The minimum Gasteiger partial charge on any atom is -0.490 e. The summed E-state index contributed by atoms with van der Waals surface area (Å²) >= 11 is 0. The predicted octanol–water partition coefficient (Wildman–Crippen LogP) is 1.70. The fourth-order valence-electron chi connectivity index (χ4n) is 2.32. The molecule has 0 saturated carbocycles. The van der Waals surface area contributed by atoms with Crippen LogP contribution in [0.1, 0.15) is 12.8 Å². The third-order valence-corrected chi connectivity index (χ3v) is 3.62. The van der Waals surface area contributed by atoms with Gasteiger partial charge in [-0.2, -0.15) is 0 Å². The van der Waals surface area contributed by atoms with Crippen LogP contribution in [0.3, 0.4) is 0 Å². The zero-order valence-electron chi connectivity index (χ0n) is 11.6. The lowest BCUT2D eigenvalue weighted by Gasteiger charge is -2.37. The van der Waals surface area contributed by atoms with Crippen molar-refractivity contribution in [3.63, 3.8) is 0 Å². The van der Waals surface area contributed by atoms with Crippen LogP contribution >= 0.6 is 0 Å². The van der Waals surface area contributed by atoms with Crippen molar-refractivity contribution in [2.45, 2.75) is 18.4 Å². The lowest BCUT2D eigenvalue weighted by atomic mass is 9.90. The Morgan fingerprint density at radius 3 is 2.71 bits per heavy atom. The molecule has 8 heteroatoms. The van der Waals surface area contributed by atoms with Crippen LogP contribution in [0.4, 0.5) is 15.8 Å². The maximum absolute atomic E-state index is 14.1. The fourth-order valence-corrected chi connectivity index (χ4v) is 2.32. The molecule has 21 heavy (non-hydrogen) atoms. The highest BCUT2D eigenvalue weighted by molar-refractivity contribution is 5.60. The normalized spacial score (nSPS) is 17.3. The van der Waals surface area contributed by atoms with Crippen molar-refractivity contribution in [1.29, 1.82) is 0 Å². The summed E-state index contributed by atoms with van der Waals surface area (Å²) in [6, 6.07) is 2.05. The van der Waals surface area contributed by atoms with E-state index in [1.165, 1.54) is 13.2 Å². The second-order valence-corrected chi connectivity index (χ2v) is 4.94. The van der Waals surface area contributed by atoms with Gasteiger partial charge >= 0.3 is 5.69 Å². The van der Waals surface area contributed by atoms with Crippen molar-refractivity contribution in [3.05, 3.63) is 28.1 Å². The van der Waals surface area contributed by atoms with E-state index in [4.69, 9.17) is 9.47 Å². The molecule has 0 amide bonds. The molecule has 1 fully saturated rings. The van der Waals surface area contributed by atoms with E-state index in [-0.39, 0.29) is 18.0 Å². The third-order valence-electron chi connectivity index (χ3n) is 3.62. The molecule has 1 aliphatic heterocycles. The summed E-state index contributed by atoms with van der Waals surface area (Å²) in [6.45, 7) is 0.730. The second kappa shape index (κ2) is 6.23. The predicted molar refractivity (Wildman–Crippen MR) is 73.1 cm³/mol. The molecule has 0 radical (unpaired) electrons. The quantitative estimate of drug-likeness (QED) is 0.635. The number of nitrogens with zero attached hydrogens (tertiary/aromatic N) is 1. The molecule has 2 N–H and O–H groups in total. The highest BCUT2D eigenvalue weighted by Gasteiger charge is 2.33. The van der Waals surface area contributed by atoms with Crippen LogP contribution in [0, 0.1) is 15.9 Å². The van der Waals surface area contributed by atoms with Crippen LogP contribution < -0.4 is 10.1 Å². The van der Waals surface area contributed by atoms with Crippen LogP contribution in [0.25, 0.3) is 0 Å². The van der Waals surface area contributed by atoms with E-state index in [1.807, 2.05) is 0 Å². The number of benzene rings is 1. The lowest BCUT2D eigenvalue weighted by molar-refractivity contribution is -0.385. The van der Waals surface area contributed by atoms with Crippen LogP contribution in [0.5, 0.6) is 5.75 Å². The molecular weight excluding hydrogens is 283 g/mol. The molecule has 0 spiro atoms. The highest BCUT2D eigenvalue weighted by atomic mass is 19.1. The molecule has 7 nitrogen and oxygen atoms in total. The van der Waals surface area contributed by atoms with E-state index in [0.717, 1.165) is 6.07 Å². The van der Waals surface area contributed by atoms with E-state index in [1.54, 1.807) is 0 Å². The summed E-state index contributed by atoms with van der Waals surface area (Å²) in [7, 11) is 1.28. The molecule has 1 aromatic carbocycles. The molecule has 1 heterocycles. The number of aliphatic hydroxyl groups excluding tert-OH is 1. The molecule has 1 aromatic rings. The number of nitro groups is 1. The standard InChI is InChI=1S/C13H17FN2O5/c1-20-12-7-10(9(14)6-11(12)16(18)19)15-13(8-17)2-4-21-5-3-13/h6-7,15,17H,2-5,8H2,1H3. The third kappa shape index (κ3) is 3.22. The number of halogens is 1. The van der Waals surface area contributed by atoms with Crippen LogP contribution in [0.2, 0.25) is 0 Å². The van der Waals surface area contributed by atoms with Gasteiger partial charge in [0.05, 0.1) is 35.9 Å². The van der Waals surface area contributed by atoms with E-state index < -0.39 is 22.0 Å². The number of hydrogen-bond donors (Lipinski definition) is 2. The van der Waals surface area contributed by atoms with E-state index in [0.29, 0.717) is 26.1 Å². The van der Waals surface area contributed by atoms with Crippen molar-refractivity contribution in [3.8, 4) is 5.75 Å². The van der Waals surface area contributed by atoms with Gasteiger partial charge in [0.15, 0.2) is 11.6 Å². The van der Waals surface area contributed by atoms with Gasteiger partial charge in [-0.05, 0) is 12.8 Å². The molecule has 1 aliphatic rings.